The molecule has 1 aliphatic carbocycles. The van der Waals surface area contributed by atoms with E-state index in [1.54, 1.807) is 0 Å². The Labute approximate surface area is 81.9 Å². The van der Waals surface area contributed by atoms with Crippen LogP contribution in [0.5, 0.6) is 0 Å². The van der Waals surface area contributed by atoms with E-state index >= 15 is 0 Å². The summed E-state index contributed by atoms with van der Waals surface area (Å²) >= 11 is 0. The van der Waals surface area contributed by atoms with Crippen LogP contribution in [0.4, 0.5) is 0 Å². The van der Waals surface area contributed by atoms with E-state index < -0.39 is 0 Å². The molecule has 13 heavy (non-hydrogen) atoms. The molecular formula is C12H22O. The van der Waals surface area contributed by atoms with E-state index in [1.807, 2.05) is 0 Å². The van der Waals surface area contributed by atoms with Crippen LogP contribution >= 0.6 is 0 Å². The van der Waals surface area contributed by atoms with Gasteiger partial charge in [0, 0.05) is 0 Å². The summed E-state index contributed by atoms with van der Waals surface area (Å²) in [6.07, 6.45) is 5.32. The number of allylic oxidation sites excluding steroid dienone is 2. The van der Waals surface area contributed by atoms with Gasteiger partial charge in [-0.2, -0.15) is 0 Å². The van der Waals surface area contributed by atoms with Crippen molar-refractivity contribution in [3.8, 4) is 0 Å². The zero-order valence-corrected chi connectivity index (χ0v) is 9.30. The minimum absolute atomic E-state index is 0.0823. The van der Waals surface area contributed by atoms with Gasteiger partial charge in [-0.25, -0.2) is 0 Å². The molecule has 1 fully saturated rings. The molecule has 0 aromatic carbocycles. The summed E-state index contributed by atoms with van der Waals surface area (Å²) in [5, 5.41) is 9.76. The van der Waals surface area contributed by atoms with Crippen LogP contribution in [0, 0.1) is 11.3 Å². The van der Waals surface area contributed by atoms with Crippen LogP contribution in [0.25, 0.3) is 0 Å². The SMILES string of the molecule is CC(C)C=C1CCC(O)C(C)(C)C1. The van der Waals surface area contributed by atoms with Crippen LogP contribution in [-0.4, -0.2) is 11.2 Å². The Morgan fingerprint density at radius 3 is 2.54 bits per heavy atom. The summed E-state index contributed by atoms with van der Waals surface area (Å²) in [6.45, 7) is 8.74. The number of hydrogen-bond donors (Lipinski definition) is 1. The second-order valence-electron chi connectivity index (χ2n) is 5.29. The van der Waals surface area contributed by atoms with Gasteiger partial charge in [0.2, 0.25) is 0 Å². The highest BCUT2D eigenvalue weighted by molar-refractivity contribution is 5.11. The first kappa shape index (κ1) is 10.8. The van der Waals surface area contributed by atoms with Crippen LogP contribution in [0.1, 0.15) is 47.0 Å². The molecule has 1 unspecified atom stereocenters. The molecule has 1 N–H and O–H groups in total. The van der Waals surface area contributed by atoms with Gasteiger partial charge < -0.3 is 5.11 Å². The maximum Gasteiger partial charge on any atom is 0.0597 e. The first-order valence-electron chi connectivity index (χ1n) is 5.29. The molecule has 1 atom stereocenters. The van der Waals surface area contributed by atoms with Crippen molar-refractivity contribution < 1.29 is 5.11 Å². The molecular weight excluding hydrogens is 160 g/mol. The molecule has 0 aliphatic heterocycles. The molecule has 0 bridgehead atoms. The minimum atomic E-state index is -0.114. The molecule has 1 rings (SSSR count). The Morgan fingerprint density at radius 1 is 1.46 bits per heavy atom. The van der Waals surface area contributed by atoms with Gasteiger partial charge in [-0.3, -0.25) is 0 Å². The van der Waals surface area contributed by atoms with Gasteiger partial charge in [0.15, 0.2) is 0 Å². The highest BCUT2D eigenvalue weighted by Crippen LogP contribution is 2.38. The van der Waals surface area contributed by atoms with Gasteiger partial charge in [0.25, 0.3) is 0 Å². The fourth-order valence-corrected chi connectivity index (χ4v) is 2.12. The predicted molar refractivity (Wildman–Crippen MR) is 56.6 cm³/mol. The lowest BCUT2D eigenvalue weighted by Gasteiger charge is -2.36. The third-order valence-corrected chi connectivity index (χ3v) is 2.89. The fourth-order valence-electron chi connectivity index (χ4n) is 2.12. The molecule has 76 valence electrons. The van der Waals surface area contributed by atoms with Crippen molar-refractivity contribution in [3.05, 3.63) is 11.6 Å². The van der Waals surface area contributed by atoms with E-state index in [9.17, 15) is 5.11 Å². The molecule has 0 amide bonds. The lowest BCUT2D eigenvalue weighted by Crippen LogP contribution is -2.33. The second kappa shape index (κ2) is 3.83. The van der Waals surface area contributed by atoms with Gasteiger partial charge >= 0.3 is 0 Å². The van der Waals surface area contributed by atoms with Crippen molar-refractivity contribution in [1.82, 2.24) is 0 Å². The summed E-state index contributed by atoms with van der Waals surface area (Å²) in [5.41, 5.74) is 1.62. The molecule has 1 nitrogen and oxygen atoms in total. The van der Waals surface area contributed by atoms with E-state index in [2.05, 4.69) is 33.8 Å². The smallest absolute Gasteiger partial charge is 0.0597 e. The van der Waals surface area contributed by atoms with Crippen molar-refractivity contribution >= 4 is 0 Å². The Balaban J connectivity index is 2.66. The van der Waals surface area contributed by atoms with Crippen LogP contribution in [0.2, 0.25) is 0 Å². The van der Waals surface area contributed by atoms with E-state index in [-0.39, 0.29) is 11.5 Å². The van der Waals surface area contributed by atoms with Gasteiger partial charge in [-0.15, -0.1) is 0 Å². The van der Waals surface area contributed by atoms with Crippen molar-refractivity contribution in [2.45, 2.75) is 53.1 Å². The standard InChI is InChI=1S/C12H22O/c1-9(2)7-10-5-6-11(13)12(3,4)8-10/h7,9,11,13H,5-6,8H2,1-4H3. The zero-order chi connectivity index (χ0) is 10.1. The Bertz CT molecular complexity index is 201. The van der Waals surface area contributed by atoms with E-state index in [4.69, 9.17) is 0 Å². The highest BCUT2D eigenvalue weighted by Gasteiger charge is 2.32. The topological polar surface area (TPSA) is 20.2 Å². The number of hydrogen-bond acceptors (Lipinski definition) is 1. The summed E-state index contributed by atoms with van der Waals surface area (Å²) < 4.78 is 0. The molecule has 0 radical (unpaired) electrons. The monoisotopic (exact) mass is 182 g/mol. The van der Waals surface area contributed by atoms with Gasteiger partial charge in [-0.05, 0) is 30.6 Å². The normalized spacial score (nSPS) is 31.2. The first-order valence-corrected chi connectivity index (χ1v) is 5.29. The maximum absolute atomic E-state index is 9.76. The molecule has 0 heterocycles. The summed E-state index contributed by atoms with van der Waals surface area (Å²) in [4.78, 5) is 0. The highest BCUT2D eigenvalue weighted by atomic mass is 16.3. The van der Waals surface area contributed by atoms with E-state index in [0.717, 1.165) is 19.3 Å². The molecule has 0 spiro atoms. The van der Waals surface area contributed by atoms with Crippen molar-refractivity contribution in [2.24, 2.45) is 11.3 Å². The van der Waals surface area contributed by atoms with Gasteiger partial charge in [0.05, 0.1) is 6.10 Å². The number of rotatable bonds is 1. The molecule has 1 aliphatic rings. The van der Waals surface area contributed by atoms with Crippen molar-refractivity contribution in [3.63, 3.8) is 0 Å². The third-order valence-electron chi connectivity index (χ3n) is 2.89. The van der Waals surface area contributed by atoms with E-state index in [0.29, 0.717) is 5.92 Å². The first-order chi connectivity index (χ1) is 5.92. The Morgan fingerprint density at radius 2 is 2.08 bits per heavy atom. The molecule has 0 aromatic heterocycles. The maximum atomic E-state index is 9.76. The van der Waals surface area contributed by atoms with Gasteiger partial charge in [0.1, 0.15) is 0 Å². The Kier molecular flexibility index (Phi) is 3.18. The van der Waals surface area contributed by atoms with Crippen LogP contribution < -0.4 is 0 Å². The van der Waals surface area contributed by atoms with Crippen LogP contribution in [0.3, 0.4) is 0 Å². The third kappa shape index (κ3) is 2.84. The van der Waals surface area contributed by atoms with Crippen LogP contribution in [0.15, 0.2) is 11.6 Å². The Hall–Kier alpha value is -0.300. The molecule has 1 heteroatoms. The largest absolute Gasteiger partial charge is 0.393 e. The fraction of sp³-hybridized carbons (Fsp3) is 0.833. The average Bonchev–Trinajstić information content (AvgIpc) is 1.95. The van der Waals surface area contributed by atoms with Gasteiger partial charge in [-0.1, -0.05) is 39.3 Å². The summed E-state index contributed by atoms with van der Waals surface area (Å²) in [6, 6.07) is 0. The number of aliphatic hydroxyl groups is 1. The van der Waals surface area contributed by atoms with Crippen molar-refractivity contribution in [1.29, 1.82) is 0 Å². The summed E-state index contributed by atoms with van der Waals surface area (Å²) in [5.74, 6) is 0.640. The molecule has 0 aromatic rings. The van der Waals surface area contributed by atoms with Crippen molar-refractivity contribution in [2.75, 3.05) is 0 Å². The molecule has 0 saturated heterocycles. The van der Waals surface area contributed by atoms with Crippen LogP contribution in [-0.2, 0) is 0 Å². The predicted octanol–water partition coefficient (Wildman–Crippen LogP) is 3.14. The minimum Gasteiger partial charge on any atom is -0.393 e. The molecule has 1 saturated carbocycles. The zero-order valence-electron chi connectivity index (χ0n) is 9.30. The summed E-state index contributed by atoms with van der Waals surface area (Å²) in [7, 11) is 0. The van der Waals surface area contributed by atoms with E-state index in [1.165, 1.54) is 5.57 Å². The average molecular weight is 182 g/mol. The quantitative estimate of drug-likeness (QED) is 0.618. The lowest BCUT2D eigenvalue weighted by molar-refractivity contribution is 0.0291. The number of aliphatic hydroxyl groups excluding tert-OH is 1. The second-order valence-corrected chi connectivity index (χ2v) is 5.29. The lowest BCUT2D eigenvalue weighted by atomic mass is 9.72.